The number of nitrogens with zero attached hydrogens (tertiary/aromatic N) is 3. The number of para-hydroxylation sites is 1. The SMILES string of the molecule is CC1CC(C)C(C)N(c2cc(C#N)c3ccccc3n2)C1. The number of pyridine rings is 1. The van der Waals surface area contributed by atoms with Gasteiger partial charge in [0.15, 0.2) is 0 Å². The normalized spacial score (nSPS) is 25.8. The zero-order valence-electron chi connectivity index (χ0n) is 12.9. The molecule has 2 heterocycles. The summed E-state index contributed by atoms with van der Waals surface area (Å²) in [5, 5.41) is 10.4. The monoisotopic (exact) mass is 279 g/mol. The van der Waals surface area contributed by atoms with E-state index in [0.717, 1.165) is 23.3 Å². The van der Waals surface area contributed by atoms with Gasteiger partial charge in [0.05, 0.1) is 17.1 Å². The first-order chi connectivity index (χ1) is 10.1. The number of piperidine rings is 1. The van der Waals surface area contributed by atoms with Crippen LogP contribution in [0.3, 0.4) is 0 Å². The fourth-order valence-corrected chi connectivity index (χ4v) is 3.42. The Kier molecular flexibility index (Phi) is 3.55. The van der Waals surface area contributed by atoms with E-state index in [1.807, 2.05) is 30.3 Å². The summed E-state index contributed by atoms with van der Waals surface area (Å²) in [6.45, 7) is 7.88. The third kappa shape index (κ3) is 2.47. The Morgan fingerprint density at radius 3 is 2.76 bits per heavy atom. The average molecular weight is 279 g/mol. The quantitative estimate of drug-likeness (QED) is 0.792. The highest BCUT2D eigenvalue weighted by Gasteiger charge is 2.29. The highest BCUT2D eigenvalue weighted by Crippen LogP contribution is 2.32. The average Bonchev–Trinajstić information content (AvgIpc) is 2.49. The van der Waals surface area contributed by atoms with Crippen molar-refractivity contribution in [3.05, 3.63) is 35.9 Å². The molecule has 0 aliphatic carbocycles. The molecule has 1 saturated heterocycles. The number of fused-ring (bicyclic) bond motifs is 1. The smallest absolute Gasteiger partial charge is 0.130 e. The Hall–Kier alpha value is -2.08. The molecule has 3 rings (SSSR count). The summed E-state index contributed by atoms with van der Waals surface area (Å²) in [7, 11) is 0. The van der Waals surface area contributed by atoms with Crippen LogP contribution in [0.4, 0.5) is 5.82 Å². The van der Waals surface area contributed by atoms with Crippen LogP contribution in [-0.4, -0.2) is 17.6 Å². The minimum atomic E-state index is 0.460. The van der Waals surface area contributed by atoms with Gasteiger partial charge in [-0.25, -0.2) is 4.98 Å². The van der Waals surface area contributed by atoms with E-state index < -0.39 is 0 Å². The molecule has 1 aromatic heterocycles. The van der Waals surface area contributed by atoms with Gasteiger partial charge in [0.2, 0.25) is 0 Å². The largest absolute Gasteiger partial charge is 0.353 e. The van der Waals surface area contributed by atoms with Crippen LogP contribution >= 0.6 is 0 Å². The number of aromatic nitrogens is 1. The lowest BCUT2D eigenvalue weighted by atomic mass is 9.86. The van der Waals surface area contributed by atoms with Gasteiger partial charge in [-0.2, -0.15) is 5.26 Å². The standard InChI is InChI=1S/C18H21N3/c1-12-8-13(2)14(3)21(11-12)18-9-15(10-19)16-6-4-5-7-17(16)20-18/h4-7,9,12-14H,8,11H2,1-3H3. The van der Waals surface area contributed by atoms with E-state index in [1.165, 1.54) is 6.42 Å². The Morgan fingerprint density at radius 1 is 1.24 bits per heavy atom. The second-order valence-electron chi connectivity index (χ2n) is 6.37. The van der Waals surface area contributed by atoms with Crippen LogP contribution in [0, 0.1) is 23.2 Å². The van der Waals surface area contributed by atoms with Crippen molar-refractivity contribution < 1.29 is 0 Å². The fourth-order valence-electron chi connectivity index (χ4n) is 3.42. The molecule has 3 nitrogen and oxygen atoms in total. The molecule has 0 spiro atoms. The molecule has 3 heteroatoms. The van der Waals surface area contributed by atoms with Crippen molar-refractivity contribution in [2.75, 3.05) is 11.4 Å². The highest BCUT2D eigenvalue weighted by molar-refractivity contribution is 5.86. The van der Waals surface area contributed by atoms with Crippen LogP contribution in [0.2, 0.25) is 0 Å². The van der Waals surface area contributed by atoms with Crippen molar-refractivity contribution in [3.8, 4) is 6.07 Å². The maximum absolute atomic E-state index is 9.43. The lowest BCUT2D eigenvalue weighted by Crippen LogP contribution is -2.46. The lowest BCUT2D eigenvalue weighted by Gasteiger charge is -2.42. The van der Waals surface area contributed by atoms with Gasteiger partial charge in [-0.15, -0.1) is 0 Å². The van der Waals surface area contributed by atoms with Crippen LogP contribution in [-0.2, 0) is 0 Å². The molecular weight excluding hydrogens is 258 g/mol. The second-order valence-corrected chi connectivity index (χ2v) is 6.37. The van der Waals surface area contributed by atoms with Gasteiger partial charge in [0.1, 0.15) is 5.82 Å². The van der Waals surface area contributed by atoms with E-state index >= 15 is 0 Å². The second kappa shape index (κ2) is 5.37. The molecule has 1 aliphatic rings. The van der Waals surface area contributed by atoms with Crippen LogP contribution in [0.25, 0.3) is 10.9 Å². The number of nitriles is 1. The molecule has 2 aromatic rings. The molecule has 0 amide bonds. The molecule has 108 valence electrons. The predicted octanol–water partition coefficient (Wildman–Crippen LogP) is 3.98. The van der Waals surface area contributed by atoms with Gasteiger partial charge in [0, 0.05) is 18.0 Å². The van der Waals surface area contributed by atoms with Crippen LogP contribution in [0.15, 0.2) is 30.3 Å². The molecule has 0 radical (unpaired) electrons. The number of hydrogen-bond donors (Lipinski definition) is 0. The zero-order chi connectivity index (χ0) is 15.0. The van der Waals surface area contributed by atoms with E-state index in [1.54, 1.807) is 0 Å². The van der Waals surface area contributed by atoms with Crippen molar-refractivity contribution in [3.63, 3.8) is 0 Å². The molecular formula is C18H21N3. The number of hydrogen-bond acceptors (Lipinski definition) is 3. The van der Waals surface area contributed by atoms with Crippen molar-refractivity contribution in [1.82, 2.24) is 4.98 Å². The maximum Gasteiger partial charge on any atom is 0.130 e. The van der Waals surface area contributed by atoms with Crippen molar-refractivity contribution in [2.45, 2.75) is 33.2 Å². The minimum absolute atomic E-state index is 0.460. The topological polar surface area (TPSA) is 39.9 Å². The Bertz CT molecular complexity index is 701. The summed E-state index contributed by atoms with van der Waals surface area (Å²) >= 11 is 0. The third-order valence-corrected chi connectivity index (χ3v) is 4.72. The van der Waals surface area contributed by atoms with Crippen LogP contribution < -0.4 is 4.90 Å². The van der Waals surface area contributed by atoms with Gasteiger partial charge in [0.25, 0.3) is 0 Å². The summed E-state index contributed by atoms with van der Waals surface area (Å²) in [5.41, 5.74) is 1.62. The van der Waals surface area contributed by atoms with Crippen molar-refractivity contribution >= 4 is 16.7 Å². The van der Waals surface area contributed by atoms with Crippen molar-refractivity contribution in [1.29, 1.82) is 5.26 Å². The maximum atomic E-state index is 9.43. The van der Waals surface area contributed by atoms with Crippen LogP contribution in [0.1, 0.15) is 32.8 Å². The molecule has 0 saturated carbocycles. The molecule has 21 heavy (non-hydrogen) atoms. The zero-order valence-corrected chi connectivity index (χ0v) is 12.9. The number of benzene rings is 1. The Morgan fingerprint density at radius 2 is 2.00 bits per heavy atom. The van der Waals surface area contributed by atoms with E-state index in [0.29, 0.717) is 23.4 Å². The van der Waals surface area contributed by atoms with E-state index in [4.69, 9.17) is 4.98 Å². The van der Waals surface area contributed by atoms with Crippen molar-refractivity contribution in [2.24, 2.45) is 11.8 Å². The van der Waals surface area contributed by atoms with E-state index in [-0.39, 0.29) is 0 Å². The fraction of sp³-hybridized carbons (Fsp3) is 0.444. The minimum Gasteiger partial charge on any atom is -0.353 e. The molecule has 0 bridgehead atoms. The van der Waals surface area contributed by atoms with Gasteiger partial charge >= 0.3 is 0 Å². The first-order valence-corrected chi connectivity index (χ1v) is 7.66. The lowest BCUT2D eigenvalue weighted by molar-refractivity contribution is 0.295. The summed E-state index contributed by atoms with van der Waals surface area (Å²) in [6.07, 6.45) is 1.26. The summed E-state index contributed by atoms with van der Waals surface area (Å²) in [6, 6.07) is 12.6. The predicted molar refractivity (Wildman–Crippen MR) is 86.2 cm³/mol. The number of rotatable bonds is 1. The highest BCUT2D eigenvalue weighted by atomic mass is 15.2. The van der Waals surface area contributed by atoms with Gasteiger partial charge in [-0.3, -0.25) is 0 Å². The number of anilines is 1. The van der Waals surface area contributed by atoms with Gasteiger partial charge in [-0.05, 0) is 37.3 Å². The first-order valence-electron chi connectivity index (χ1n) is 7.66. The van der Waals surface area contributed by atoms with E-state index in [9.17, 15) is 5.26 Å². The molecule has 1 aromatic carbocycles. The third-order valence-electron chi connectivity index (χ3n) is 4.72. The molecule has 3 atom stereocenters. The van der Waals surface area contributed by atoms with Crippen LogP contribution in [0.5, 0.6) is 0 Å². The van der Waals surface area contributed by atoms with E-state index in [2.05, 4.69) is 31.7 Å². The Balaban J connectivity index is 2.10. The summed E-state index contributed by atoms with van der Waals surface area (Å²) in [4.78, 5) is 7.17. The molecule has 0 N–H and O–H groups in total. The molecule has 3 unspecified atom stereocenters. The van der Waals surface area contributed by atoms with Gasteiger partial charge in [-0.1, -0.05) is 32.0 Å². The summed E-state index contributed by atoms with van der Waals surface area (Å²) in [5.74, 6) is 2.25. The molecule has 1 fully saturated rings. The first kappa shape index (κ1) is 13.9. The summed E-state index contributed by atoms with van der Waals surface area (Å²) < 4.78 is 0. The molecule has 1 aliphatic heterocycles. The van der Waals surface area contributed by atoms with Gasteiger partial charge < -0.3 is 4.90 Å². The Labute approximate surface area is 126 Å².